The van der Waals surface area contributed by atoms with E-state index in [1.54, 1.807) is 28.8 Å². The van der Waals surface area contributed by atoms with Gasteiger partial charge in [-0.25, -0.2) is 4.79 Å². The molecule has 0 spiro atoms. The summed E-state index contributed by atoms with van der Waals surface area (Å²) in [6.45, 7) is 2.42. The Balaban J connectivity index is 1.85. The van der Waals surface area contributed by atoms with Crippen LogP contribution >= 0.6 is 0 Å². The van der Waals surface area contributed by atoms with Crippen molar-refractivity contribution in [1.29, 1.82) is 0 Å². The van der Waals surface area contributed by atoms with Gasteiger partial charge in [-0.2, -0.15) is 0 Å². The lowest BCUT2D eigenvalue weighted by molar-refractivity contribution is 0.0696. The number of hydrogen-bond acceptors (Lipinski definition) is 3. The third kappa shape index (κ3) is 3.85. The van der Waals surface area contributed by atoms with Gasteiger partial charge in [0.25, 0.3) is 5.56 Å². The lowest BCUT2D eigenvalue weighted by atomic mass is 10.1. The zero-order valence-electron chi connectivity index (χ0n) is 13.6. The van der Waals surface area contributed by atoms with Crippen LogP contribution < -0.4 is 10.5 Å². The average Bonchev–Trinajstić information content (AvgIpc) is 2.86. The molecule has 5 nitrogen and oxygen atoms in total. The predicted molar refractivity (Wildman–Crippen MR) is 93.9 cm³/mol. The maximum atomic E-state index is 12.2. The topological polar surface area (TPSA) is 62.5 Å². The molecule has 5 heteroatoms. The highest BCUT2D eigenvalue weighted by Gasteiger charge is 2.11. The summed E-state index contributed by atoms with van der Waals surface area (Å²) in [4.78, 5) is 25.6. The number of carboxylic acid groups (broad SMARTS) is 1. The summed E-state index contributed by atoms with van der Waals surface area (Å²) in [7, 11) is 0. The molecule has 0 saturated carbocycles. The Bertz CT molecular complexity index is 774. The van der Waals surface area contributed by atoms with Gasteiger partial charge < -0.3 is 14.6 Å². The number of benzene rings is 1. The molecule has 126 valence electrons. The molecule has 1 aromatic carbocycles. The molecular formula is C19H22N2O3. The van der Waals surface area contributed by atoms with Crippen LogP contribution in [0.25, 0.3) is 0 Å². The van der Waals surface area contributed by atoms with Crippen LogP contribution in [0.1, 0.15) is 41.6 Å². The average molecular weight is 326 g/mol. The van der Waals surface area contributed by atoms with Crippen molar-refractivity contribution in [3.63, 3.8) is 0 Å². The summed E-state index contributed by atoms with van der Waals surface area (Å²) in [5, 5.41) is 9.10. The quantitative estimate of drug-likeness (QED) is 0.938. The molecule has 24 heavy (non-hydrogen) atoms. The molecule has 0 unspecified atom stereocenters. The van der Waals surface area contributed by atoms with E-state index in [9.17, 15) is 9.59 Å². The Kier molecular flexibility index (Phi) is 4.99. The van der Waals surface area contributed by atoms with Crippen molar-refractivity contribution in [2.24, 2.45) is 0 Å². The van der Waals surface area contributed by atoms with E-state index in [2.05, 4.69) is 4.90 Å². The molecular weight excluding hydrogens is 304 g/mol. The normalized spacial score (nSPS) is 15.1. The number of aromatic carboxylic acids is 1. The van der Waals surface area contributed by atoms with Gasteiger partial charge in [0.1, 0.15) is 0 Å². The third-order valence-electron chi connectivity index (χ3n) is 4.47. The molecule has 0 aliphatic carbocycles. The van der Waals surface area contributed by atoms with E-state index in [0.29, 0.717) is 6.54 Å². The van der Waals surface area contributed by atoms with Crippen molar-refractivity contribution < 1.29 is 9.90 Å². The molecule has 0 radical (unpaired) electrons. The Morgan fingerprint density at radius 1 is 1.04 bits per heavy atom. The number of rotatable bonds is 4. The van der Waals surface area contributed by atoms with Gasteiger partial charge in [-0.05, 0) is 36.6 Å². The first-order valence-electron chi connectivity index (χ1n) is 8.41. The lowest BCUT2D eigenvalue weighted by Gasteiger charge is -2.23. The number of aromatic nitrogens is 1. The highest BCUT2D eigenvalue weighted by atomic mass is 16.4. The second-order valence-corrected chi connectivity index (χ2v) is 6.26. The van der Waals surface area contributed by atoms with Gasteiger partial charge in [0.15, 0.2) is 0 Å². The van der Waals surface area contributed by atoms with Crippen LogP contribution in [-0.4, -0.2) is 28.7 Å². The summed E-state index contributed by atoms with van der Waals surface area (Å²) in [6, 6.07) is 10.2. The summed E-state index contributed by atoms with van der Waals surface area (Å²) in [5.41, 5.74) is 2.04. The SMILES string of the molecule is O=C(O)c1cccc(Cn2cc(N3CCCCCC3)ccc2=O)c1. The van der Waals surface area contributed by atoms with E-state index in [4.69, 9.17) is 5.11 Å². The van der Waals surface area contributed by atoms with Crippen LogP contribution in [0.3, 0.4) is 0 Å². The van der Waals surface area contributed by atoms with E-state index >= 15 is 0 Å². The van der Waals surface area contributed by atoms with Crippen molar-refractivity contribution in [3.8, 4) is 0 Å². The third-order valence-corrected chi connectivity index (χ3v) is 4.47. The second kappa shape index (κ2) is 7.34. The number of carboxylic acids is 1. The molecule has 1 aromatic heterocycles. The predicted octanol–water partition coefficient (Wildman–Crippen LogP) is 2.98. The first kappa shape index (κ1) is 16.3. The van der Waals surface area contributed by atoms with Gasteiger partial charge >= 0.3 is 5.97 Å². The van der Waals surface area contributed by atoms with E-state index in [1.165, 1.54) is 25.7 Å². The van der Waals surface area contributed by atoms with E-state index in [1.807, 2.05) is 18.3 Å². The van der Waals surface area contributed by atoms with Crippen molar-refractivity contribution in [1.82, 2.24) is 4.57 Å². The molecule has 1 fully saturated rings. The number of anilines is 1. The highest BCUT2D eigenvalue weighted by molar-refractivity contribution is 5.87. The van der Waals surface area contributed by atoms with Gasteiger partial charge in [0.05, 0.1) is 17.8 Å². The zero-order chi connectivity index (χ0) is 16.9. The molecule has 3 rings (SSSR count). The minimum Gasteiger partial charge on any atom is -0.478 e. The maximum Gasteiger partial charge on any atom is 0.335 e. The number of carbonyl (C=O) groups is 1. The van der Waals surface area contributed by atoms with Gasteiger partial charge in [0.2, 0.25) is 0 Å². The Morgan fingerprint density at radius 2 is 1.79 bits per heavy atom. The molecule has 0 atom stereocenters. The van der Waals surface area contributed by atoms with Crippen molar-refractivity contribution in [2.75, 3.05) is 18.0 Å². The first-order valence-corrected chi connectivity index (χ1v) is 8.41. The monoisotopic (exact) mass is 326 g/mol. The Morgan fingerprint density at radius 3 is 2.50 bits per heavy atom. The minimum absolute atomic E-state index is 0.0747. The van der Waals surface area contributed by atoms with Crippen molar-refractivity contribution in [3.05, 3.63) is 64.1 Å². The summed E-state index contributed by atoms with van der Waals surface area (Å²) in [6.07, 6.45) is 6.77. The molecule has 1 aliphatic heterocycles. The summed E-state index contributed by atoms with van der Waals surface area (Å²) in [5.74, 6) is -0.956. The zero-order valence-corrected chi connectivity index (χ0v) is 13.6. The fourth-order valence-corrected chi connectivity index (χ4v) is 3.16. The van der Waals surface area contributed by atoms with Gasteiger partial charge in [-0.1, -0.05) is 25.0 Å². The minimum atomic E-state index is -0.956. The molecule has 0 bridgehead atoms. The summed E-state index contributed by atoms with van der Waals surface area (Å²) < 4.78 is 1.65. The van der Waals surface area contributed by atoms with Crippen LogP contribution in [0.15, 0.2) is 47.4 Å². The Hall–Kier alpha value is -2.56. The lowest BCUT2D eigenvalue weighted by Crippen LogP contribution is -2.27. The van der Waals surface area contributed by atoms with Gasteiger partial charge in [0, 0.05) is 25.4 Å². The van der Waals surface area contributed by atoms with E-state index < -0.39 is 5.97 Å². The summed E-state index contributed by atoms with van der Waals surface area (Å²) >= 11 is 0. The molecule has 1 aliphatic rings. The molecule has 2 aromatic rings. The van der Waals surface area contributed by atoms with Crippen molar-refractivity contribution >= 4 is 11.7 Å². The van der Waals surface area contributed by atoms with Gasteiger partial charge in [-0.15, -0.1) is 0 Å². The van der Waals surface area contributed by atoms with Crippen molar-refractivity contribution in [2.45, 2.75) is 32.2 Å². The largest absolute Gasteiger partial charge is 0.478 e. The molecule has 1 saturated heterocycles. The van der Waals surface area contributed by atoms with E-state index in [-0.39, 0.29) is 11.1 Å². The van der Waals surface area contributed by atoms with Crippen LogP contribution in [0.2, 0.25) is 0 Å². The van der Waals surface area contributed by atoms with Crippen LogP contribution in [0.5, 0.6) is 0 Å². The smallest absolute Gasteiger partial charge is 0.335 e. The van der Waals surface area contributed by atoms with Crippen LogP contribution in [-0.2, 0) is 6.54 Å². The van der Waals surface area contributed by atoms with Crippen LogP contribution in [0, 0.1) is 0 Å². The molecule has 1 N–H and O–H groups in total. The van der Waals surface area contributed by atoms with Crippen LogP contribution in [0.4, 0.5) is 5.69 Å². The van der Waals surface area contributed by atoms with Gasteiger partial charge in [-0.3, -0.25) is 4.79 Å². The fraction of sp³-hybridized carbons (Fsp3) is 0.368. The number of nitrogens with zero attached hydrogens (tertiary/aromatic N) is 2. The number of pyridine rings is 1. The second-order valence-electron chi connectivity index (χ2n) is 6.26. The maximum absolute atomic E-state index is 12.2. The Labute approximate surface area is 141 Å². The fourth-order valence-electron chi connectivity index (χ4n) is 3.16. The first-order chi connectivity index (χ1) is 11.6. The standard InChI is InChI=1S/C19H22N2O3/c22-18-9-8-17(20-10-3-1-2-4-11-20)14-21(18)13-15-6-5-7-16(12-15)19(23)24/h5-9,12,14H,1-4,10-11,13H2,(H,23,24). The number of hydrogen-bond donors (Lipinski definition) is 1. The molecule has 0 amide bonds. The highest BCUT2D eigenvalue weighted by Crippen LogP contribution is 2.18. The molecule has 2 heterocycles. The van der Waals surface area contributed by atoms with E-state index in [0.717, 1.165) is 24.3 Å².